The van der Waals surface area contributed by atoms with Crippen molar-refractivity contribution in [3.63, 3.8) is 0 Å². The van der Waals surface area contributed by atoms with Crippen LogP contribution >= 0.6 is 0 Å². The van der Waals surface area contributed by atoms with Gasteiger partial charge in [0.2, 0.25) is 0 Å². The molecule has 2 rings (SSSR count). The lowest BCUT2D eigenvalue weighted by molar-refractivity contribution is 0.103. The van der Waals surface area contributed by atoms with Crippen LogP contribution in [-0.4, -0.2) is 30.6 Å². The average molecular weight is 269 g/mol. The number of rotatable bonds is 6. The molecule has 2 aromatic carbocycles. The van der Waals surface area contributed by atoms with Crippen molar-refractivity contribution in [1.82, 2.24) is 0 Å². The molecule has 0 bridgehead atoms. The Bertz CT molecular complexity index is 566. The molecular weight excluding hydrogens is 250 g/mol. The summed E-state index contributed by atoms with van der Waals surface area (Å²) in [4.78, 5) is 14.6. The van der Waals surface area contributed by atoms with Crippen LogP contribution < -0.4 is 4.90 Å². The summed E-state index contributed by atoms with van der Waals surface area (Å²) >= 11 is 0. The molecular formula is C17H19NO2. The van der Waals surface area contributed by atoms with E-state index in [-0.39, 0.29) is 12.4 Å². The fraction of sp³-hybridized carbons (Fsp3) is 0.235. The molecule has 0 fully saturated rings. The van der Waals surface area contributed by atoms with E-state index in [0.717, 1.165) is 12.2 Å². The molecule has 0 radical (unpaired) electrons. The monoisotopic (exact) mass is 269 g/mol. The van der Waals surface area contributed by atoms with Gasteiger partial charge in [-0.25, -0.2) is 0 Å². The van der Waals surface area contributed by atoms with Gasteiger partial charge in [0, 0.05) is 29.9 Å². The smallest absolute Gasteiger partial charge is 0.195 e. The molecule has 2 aromatic rings. The van der Waals surface area contributed by atoms with Crippen LogP contribution in [0, 0.1) is 0 Å². The van der Waals surface area contributed by atoms with Crippen LogP contribution in [0.2, 0.25) is 0 Å². The van der Waals surface area contributed by atoms with Gasteiger partial charge >= 0.3 is 0 Å². The second-order valence-corrected chi connectivity index (χ2v) is 4.52. The van der Waals surface area contributed by atoms with E-state index in [9.17, 15) is 4.79 Å². The number of hydrogen-bond acceptors (Lipinski definition) is 3. The second-order valence-electron chi connectivity index (χ2n) is 4.52. The van der Waals surface area contributed by atoms with Gasteiger partial charge in [-0.2, -0.15) is 0 Å². The Labute approximate surface area is 119 Å². The highest BCUT2D eigenvalue weighted by Crippen LogP contribution is 2.23. The summed E-state index contributed by atoms with van der Waals surface area (Å²) in [6, 6.07) is 16.8. The number of nitrogens with zero attached hydrogens (tertiary/aromatic N) is 1. The van der Waals surface area contributed by atoms with E-state index in [1.807, 2.05) is 66.4 Å². The zero-order valence-electron chi connectivity index (χ0n) is 11.6. The van der Waals surface area contributed by atoms with E-state index < -0.39 is 0 Å². The van der Waals surface area contributed by atoms with Crippen LogP contribution in [0.5, 0.6) is 0 Å². The van der Waals surface area contributed by atoms with Crippen LogP contribution in [0.4, 0.5) is 5.69 Å². The molecule has 104 valence electrons. The Morgan fingerprint density at radius 2 is 1.70 bits per heavy atom. The number of hydrogen-bond donors (Lipinski definition) is 1. The average Bonchev–Trinajstić information content (AvgIpc) is 2.53. The van der Waals surface area contributed by atoms with E-state index in [0.29, 0.717) is 17.7 Å². The van der Waals surface area contributed by atoms with Crippen molar-refractivity contribution in [2.45, 2.75) is 6.92 Å². The highest BCUT2D eigenvalue weighted by atomic mass is 16.3. The Balaban J connectivity index is 2.39. The van der Waals surface area contributed by atoms with Gasteiger partial charge in [0.25, 0.3) is 0 Å². The van der Waals surface area contributed by atoms with Crippen LogP contribution in [0.3, 0.4) is 0 Å². The second kappa shape index (κ2) is 6.87. The Kier molecular flexibility index (Phi) is 4.91. The maximum Gasteiger partial charge on any atom is 0.195 e. The lowest BCUT2D eigenvalue weighted by atomic mass is 10.0. The van der Waals surface area contributed by atoms with Crippen molar-refractivity contribution in [1.29, 1.82) is 0 Å². The molecule has 0 unspecified atom stereocenters. The minimum Gasteiger partial charge on any atom is -0.395 e. The zero-order valence-corrected chi connectivity index (χ0v) is 11.6. The van der Waals surface area contributed by atoms with E-state index in [4.69, 9.17) is 5.11 Å². The lowest BCUT2D eigenvalue weighted by Crippen LogP contribution is -2.27. The SMILES string of the molecule is CCN(CCO)c1ccccc1C(=O)c1ccccc1. The topological polar surface area (TPSA) is 40.5 Å². The van der Waals surface area contributed by atoms with Gasteiger partial charge in [-0.3, -0.25) is 4.79 Å². The van der Waals surface area contributed by atoms with Crippen molar-refractivity contribution in [2.75, 3.05) is 24.6 Å². The number of carbonyl (C=O) groups is 1. The Hall–Kier alpha value is -2.13. The number of para-hydroxylation sites is 1. The molecule has 0 atom stereocenters. The number of likely N-dealkylation sites (N-methyl/N-ethyl adjacent to an activating group) is 1. The predicted molar refractivity (Wildman–Crippen MR) is 81.3 cm³/mol. The van der Waals surface area contributed by atoms with Crippen LogP contribution in [0.15, 0.2) is 54.6 Å². The first-order valence-electron chi connectivity index (χ1n) is 6.82. The summed E-state index contributed by atoms with van der Waals surface area (Å²) in [6.07, 6.45) is 0. The third-order valence-electron chi connectivity index (χ3n) is 3.28. The number of ketones is 1. The van der Waals surface area contributed by atoms with Crippen molar-refractivity contribution in [3.8, 4) is 0 Å². The number of anilines is 1. The molecule has 0 aromatic heterocycles. The summed E-state index contributed by atoms with van der Waals surface area (Å²) in [7, 11) is 0. The largest absolute Gasteiger partial charge is 0.395 e. The number of aliphatic hydroxyl groups is 1. The number of benzene rings is 2. The number of aliphatic hydroxyl groups excluding tert-OH is 1. The fourth-order valence-electron chi connectivity index (χ4n) is 2.26. The van der Waals surface area contributed by atoms with Crippen molar-refractivity contribution < 1.29 is 9.90 Å². The first-order chi connectivity index (χ1) is 9.77. The predicted octanol–water partition coefficient (Wildman–Crippen LogP) is 2.74. The molecule has 20 heavy (non-hydrogen) atoms. The Morgan fingerprint density at radius 3 is 2.35 bits per heavy atom. The van der Waals surface area contributed by atoms with Gasteiger partial charge in [0.05, 0.1) is 6.61 Å². The van der Waals surface area contributed by atoms with Gasteiger partial charge in [-0.05, 0) is 19.1 Å². The molecule has 0 heterocycles. The van der Waals surface area contributed by atoms with Gasteiger partial charge in [-0.1, -0.05) is 42.5 Å². The molecule has 3 heteroatoms. The third kappa shape index (κ3) is 3.06. The molecule has 0 amide bonds. The highest BCUT2D eigenvalue weighted by Gasteiger charge is 2.16. The van der Waals surface area contributed by atoms with E-state index in [2.05, 4.69) is 0 Å². The van der Waals surface area contributed by atoms with E-state index >= 15 is 0 Å². The van der Waals surface area contributed by atoms with E-state index in [1.165, 1.54) is 0 Å². The molecule has 0 saturated carbocycles. The summed E-state index contributed by atoms with van der Waals surface area (Å²) in [5.74, 6) is 0.0117. The van der Waals surface area contributed by atoms with Gasteiger partial charge in [0.1, 0.15) is 0 Å². The molecule has 0 saturated heterocycles. The molecule has 0 aliphatic carbocycles. The van der Waals surface area contributed by atoms with Crippen LogP contribution in [-0.2, 0) is 0 Å². The maximum atomic E-state index is 12.6. The summed E-state index contributed by atoms with van der Waals surface area (Å²) in [5.41, 5.74) is 2.23. The van der Waals surface area contributed by atoms with Crippen LogP contribution in [0.25, 0.3) is 0 Å². The number of carbonyl (C=O) groups excluding carboxylic acids is 1. The highest BCUT2D eigenvalue weighted by molar-refractivity contribution is 6.12. The minimum atomic E-state index is 0.0117. The van der Waals surface area contributed by atoms with Gasteiger partial charge in [0.15, 0.2) is 5.78 Å². The first kappa shape index (κ1) is 14.3. The van der Waals surface area contributed by atoms with Crippen LogP contribution in [0.1, 0.15) is 22.8 Å². The standard InChI is InChI=1S/C17H19NO2/c1-2-18(12-13-19)16-11-7-6-10-15(16)17(20)14-8-4-3-5-9-14/h3-11,19H,2,12-13H2,1H3. The Morgan fingerprint density at radius 1 is 1.05 bits per heavy atom. The quantitative estimate of drug-likeness (QED) is 0.820. The molecule has 0 spiro atoms. The molecule has 0 aliphatic rings. The normalized spacial score (nSPS) is 10.3. The first-order valence-corrected chi connectivity index (χ1v) is 6.82. The van der Waals surface area contributed by atoms with E-state index in [1.54, 1.807) is 0 Å². The minimum absolute atomic E-state index is 0.0117. The van der Waals surface area contributed by atoms with Crippen molar-refractivity contribution in [2.24, 2.45) is 0 Å². The summed E-state index contributed by atoms with van der Waals surface area (Å²) < 4.78 is 0. The fourth-order valence-corrected chi connectivity index (χ4v) is 2.26. The van der Waals surface area contributed by atoms with Gasteiger partial charge in [-0.15, -0.1) is 0 Å². The summed E-state index contributed by atoms with van der Waals surface area (Å²) in [5, 5.41) is 9.15. The lowest BCUT2D eigenvalue weighted by Gasteiger charge is -2.24. The molecule has 1 N–H and O–H groups in total. The maximum absolute atomic E-state index is 12.6. The summed E-state index contributed by atoms with van der Waals surface area (Å²) in [6.45, 7) is 3.36. The van der Waals surface area contributed by atoms with Crippen molar-refractivity contribution >= 4 is 11.5 Å². The molecule has 3 nitrogen and oxygen atoms in total. The third-order valence-corrected chi connectivity index (χ3v) is 3.28. The molecule has 0 aliphatic heterocycles. The zero-order chi connectivity index (χ0) is 14.4. The van der Waals surface area contributed by atoms with Crippen molar-refractivity contribution in [3.05, 3.63) is 65.7 Å². The van der Waals surface area contributed by atoms with Gasteiger partial charge < -0.3 is 10.0 Å².